The number of hydrogen-bond acceptors (Lipinski definition) is 3. The highest BCUT2D eigenvalue weighted by atomic mass is 16.6. The summed E-state index contributed by atoms with van der Waals surface area (Å²) < 4.78 is 5.50. The number of carboxylic acids is 1. The zero-order valence-corrected chi connectivity index (χ0v) is 14.5. The van der Waals surface area contributed by atoms with E-state index in [9.17, 15) is 9.90 Å². The van der Waals surface area contributed by atoms with Gasteiger partial charge >= 0.3 is 5.97 Å². The van der Waals surface area contributed by atoms with Crippen molar-refractivity contribution in [1.82, 2.24) is 0 Å². The van der Waals surface area contributed by atoms with Crippen molar-refractivity contribution < 1.29 is 19.7 Å². The maximum absolute atomic E-state index is 10.2. The molecular weight excluding hydrogens is 304 g/mol. The largest absolute Gasteiger partial charge is 0.478 e. The van der Waals surface area contributed by atoms with E-state index < -0.39 is 5.97 Å². The molecule has 24 heavy (non-hydrogen) atoms. The molecule has 134 valence electrons. The van der Waals surface area contributed by atoms with E-state index in [0.717, 1.165) is 51.0 Å². The summed E-state index contributed by atoms with van der Waals surface area (Å²) in [5, 5.41) is 18.3. The molecule has 4 heteroatoms. The smallest absolute Gasteiger partial charge is 0.328 e. The zero-order chi connectivity index (χ0) is 17.6. The van der Waals surface area contributed by atoms with Crippen LogP contribution in [0.2, 0.25) is 0 Å². The molecule has 1 aliphatic heterocycles. The van der Waals surface area contributed by atoms with Gasteiger partial charge in [0, 0.05) is 6.08 Å². The first-order chi connectivity index (χ1) is 11.6. The third-order valence-electron chi connectivity index (χ3n) is 3.96. The Kier molecular flexibility index (Phi) is 10.8. The quantitative estimate of drug-likeness (QED) is 0.229. The minimum absolute atomic E-state index is 0.221. The maximum Gasteiger partial charge on any atom is 0.328 e. The first-order valence-electron chi connectivity index (χ1n) is 8.86. The van der Waals surface area contributed by atoms with Crippen molar-refractivity contribution >= 4 is 5.97 Å². The first-order valence-corrected chi connectivity index (χ1v) is 8.86. The van der Waals surface area contributed by atoms with E-state index in [2.05, 4.69) is 6.92 Å². The number of epoxide rings is 1. The Balaban J connectivity index is 1.96. The molecule has 0 aromatic carbocycles. The molecule has 0 aromatic rings. The molecule has 1 aliphatic rings. The minimum Gasteiger partial charge on any atom is -0.478 e. The van der Waals surface area contributed by atoms with Crippen LogP contribution in [0.1, 0.15) is 51.9 Å². The van der Waals surface area contributed by atoms with Crippen LogP contribution in [0, 0.1) is 0 Å². The Hall–Kier alpha value is -1.65. The molecule has 0 saturated carbocycles. The highest BCUT2D eigenvalue weighted by molar-refractivity contribution is 5.80. The highest BCUT2D eigenvalue weighted by Gasteiger charge is 2.35. The fraction of sp³-hybridized carbons (Fsp3) is 0.550. The van der Waals surface area contributed by atoms with E-state index in [1.807, 2.05) is 24.3 Å². The van der Waals surface area contributed by atoms with Crippen LogP contribution in [-0.2, 0) is 9.53 Å². The number of rotatable bonds is 13. The van der Waals surface area contributed by atoms with Crippen LogP contribution < -0.4 is 0 Å². The van der Waals surface area contributed by atoms with Crippen LogP contribution in [0.25, 0.3) is 0 Å². The van der Waals surface area contributed by atoms with Crippen molar-refractivity contribution in [2.75, 3.05) is 0 Å². The molecule has 0 aliphatic carbocycles. The number of carboxylic acid groups (broad SMARTS) is 1. The monoisotopic (exact) mass is 334 g/mol. The topological polar surface area (TPSA) is 70.1 Å². The Morgan fingerprint density at radius 1 is 1.04 bits per heavy atom. The van der Waals surface area contributed by atoms with Gasteiger partial charge in [-0.1, -0.05) is 62.3 Å². The van der Waals surface area contributed by atoms with Gasteiger partial charge in [-0.25, -0.2) is 4.79 Å². The van der Waals surface area contributed by atoms with Crippen LogP contribution in [0.3, 0.4) is 0 Å². The van der Waals surface area contributed by atoms with Gasteiger partial charge in [0.05, 0.1) is 18.3 Å². The molecule has 3 unspecified atom stereocenters. The van der Waals surface area contributed by atoms with Gasteiger partial charge in [-0.05, 0) is 32.1 Å². The second-order valence-electron chi connectivity index (χ2n) is 6.03. The second kappa shape index (κ2) is 12.7. The first kappa shape index (κ1) is 20.4. The van der Waals surface area contributed by atoms with E-state index >= 15 is 0 Å². The molecule has 0 bridgehead atoms. The second-order valence-corrected chi connectivity index (χ2v) is 6.03. The Bertz CT molecular complexity index is 462. The summed E-state index contributed by atoms with van der Waals surface area (Å²) in [6.45, 7) is 2.16. The van der Waals surface area contributed by atoms with Crippen molar-refractivity contribution in [3.63, 3.8) is 0 Å². The van der Waals surface area contributed by atoms with E-state index in [1.165, 1.54) is 6.08 Å². The van der Waals surface area contributed by atoms with E-state index in [1.54, 1.807) is 12.2 Å². The number of aliphatic hydroxyl groups is 1. The number of allylic oxidation sites excluding steroid dienone is 7. The molecular formula is C20H30O4. The van der Waals surface area contributed by atoms with E-state index in [4.69, 9.17) is 9.84 Å². The number of carbonyl (C=O) groups is 1. The lowest BCUT2D eigenvalue weighted by molar-refractivity contribution is -0.131. The average Bonchev–Trinajstić information content (AvgIpc) is 3.31. The lowest BCUT2D eigenvalue weighted by atomic mass is 10.0. The van der Waals surface area contributed by atoms with Gasteiger partial charge in [-0.2, -0.15) is 0 Å². The molecule has 0 aromatic heterocycles. The van der Waals surface area contributed by atoms with Crippen molar-refractivity contribution in [3.05, 3.63) is 48.6 Å². The van der Waals surface area contributed by atoms with Gasteiger partial charge in [0.15, 0.2) is 0 Å². The summed E-state index contributed by atoms with van der Waals surface area (Å²) in [6, 6.07) is 0. The number of ether oxygens (including phenoxy) is 1. The molecule has 0 spiro atoms. The van der Waals surface area contributed by atoms with Crippen molar-refractivity contribution in [2.24, 2.45) is 0 Å². The Morgan fingerprint density at radius 3 is 2.42 bits per heavy atom. The van der Waals surface area contributed by atoms with Gasteiger partial charge in [0.2, 0.25) is 0 Å². The summed E-state index contributed by atoms with van der Waals surface area (Å²) in [5.74, 6) is -0.951. The van der Waals surface area contributed by atoms with Crippen molar-refractivity contribution in [3.8, 4) is 0 Å². The average molecular weight is 334 g/mol. The molecule has 4 nitrogen and oxygen atoms in total. The van der Waals surface area contributed by atoms with E-state index in [0.29, 0.717) is 12.2 Å². The van der Waals surface area contributed by atoms with Gasteiger partial charge in [0.25, 0.3) is 0 Å². The lowest BCUT2D eigenvalue weighted by Gasteiger charge is -2.08. The van der Waals surface area contributed by atoms with Crippen molar-refractivity contribution in [1.29, 1.82) is 0 Å². The Morgan fingerprint density at radius 2 is 1.75 bits per heavy atom. The highest BCUT2D eigenvalue weighted by Crippen LogP contribution is 2.29. The fourth-order valence-corrected chi connectivity index (χ4v) is 2.52. The SMILES string of the molecule is CCC1OC1CCCCC(O)CC/C=C/C=C/C=C/C=C/C(=O)O. The van der Waals surface area contributed by atoms with Gasteiger partial charge in [0.1, 0.15) is 0 Å². The van der Waals surface area contributed by atoms with Crippen LogP contribution in [0.15, 0.2) is 48.6 Å². The fourth-order valence-electron chi connectivity index (χ4n) is 2.52. The summed E-state index contributed by atoms with van der Waals surface area (Å²) >= 11 is 0. The van der Waals surface area contributed by atoms with Crippen LogP contribution >= 0.6 is 0 Å². The maximum atomic E-state index is 10.2. The summed E-state index contributed by atoms with van der Waals surface area (Å²) in [6.07, 6.45) is 21.4. The predicted octanol–water partition coefficient (Wildman–Crippen LogP) is 4.17. The molecule has 0 amide bonds. The zero-order valence-electron chi connectivity index (χ0n) is 14.5. The van der Waals surface area contributed by atoms with Crippen molar-refractivity contribution in [2.45, 2.75) is 70.2 Å². The summed E-state index contributed by atoms with van der Waals surface area (Å²) in [7, 11) is 0. The van der Waals surface area contributed by atoms with Gasteiger partial charge in [-0.3, -0.25) is 0 Å². The van der Waals surface area contributed by atoms with Gasteiger partial charge < -0.3 is 14.9 Å². The molecule has 2 N–H and O–H groups in total. The molecule has 1 rings (SSSR count). The molecule has 1 saturated heterocycles. The number of aliphatic carboxylic acids is 1. The molecule has 1 heterocycles. The molecule has 0 radical (unpaired) electrons. The molecule has 3 atom stereocenters. The van der Waals surface area contributed by atoms with Crippen LogP contribution in [0.5, 0.6) is 0 Å². The van der Waals surface area contributed by atoms with E-state index in [-0.39, 0.29) is 6.10 Å². The number of unbranched alkanes of at least 4 members (excludes halogenated alkanes) is 1. The standard InChI is InChI=1S/C20H30O4/c1-2-18-19(24-18)15-12-11-14-17(21)13-9-7-5-3-4-6-8-10-16-20(22)23/h3-8,10,16-19,21H,2,9,11-15H2,1H3,(H,22,23)/b4-3+,7-5+,8-6+,16-10+. The third-order valence-corrected chi connectivity index (χ3v) is 3.96. The Labute approximate surface area is 145 Å². The summed E-state index contributed by atoms with van der Waals surface area (Å²) in [4.78, 5) is 10.2. The third kappa shape index (κ3) is 11.0. The summed E-state index contributed by atoms with van der Waals surface area (Å²) in [5.41, 5.74) is 0. The van der Waals surface area contributed by atoms with Crippen LogP contribution in [0.4, 0.5) is 0 Å². The minimum atomic E-state index is -0.951. The normalized spacial score (nSPS) is 22.2. The lowest BCUT2D eigenvalue weighted by Crippen LogP contribution is -2.05. The predicted molar refractivity (Wildman–Crippen MR) is 96.9 cm³/mol. The number of aliphatic hydroxyl groups excluding tert-OH is 1. The number of hydrogen-bond donors (Lipinski definition) is 2. The van der Waals surface area contributed by atoms with Gasteiger partial charge in [-0.15, -0.1) is 0 Å². The molecule has 1 fully saturated rings. The van der Waals surface area contributed by atoms with Crippen LogP contribution in [-0.4, -0.2) is 34.5 Å².